The number of rotatable bonds is 8. The van der Waals surface area contributed by atoms with Crippen LogP contribution in [-0.2, 0) is 4.79 Å². The van der Waals surface area contributed by atoms with Crippen molar-refractivity contribution in [2.24, 2.45) is 11.1 Å². The van der Waals surface area contributed by atoms with E-state index in [-0.39, 0.29) is 23.6 Å². The summed E-state index contributed by atoms with van der Waals surface area (Å²) in [6.45, 7) is 2.30. The first kappa shape index (κ1) is 23.7. The van der Waals surface area contributed by atoms with Crippen LogP contribution in [-0.4, -0.2) is 55.4 Å². The Labute approximate surface area is 206 Å². The van der Waals surface area contributed by atoms with Gasteiger partial charge in [0.05, 0.1) is 57.5 Å². The molecule has 0 saturated heterocycles. The van der Waals surface area contributed by atoms with Crippen LogP contribution >= 0.6 is 0 Å². The van der Waals surface area contributed by atoms with E-state index in [2.05, 4.69) is 26.8 Å². The van der Waals surface area contributed by atoms with Crippen LogP contribution in [0.3, 0.4) is 0 Å². The van der Waals surface area contributed by atoms with E-state index in [0.29, 0.717) is 47.4 Å². The summed E-state index contributed by atoms with van der Waals surface area (Å²) in [6.07, 6.45) is 2.93. The standard InChI is InChI=1S/C25H26FN7O3/c1-23(2,36)20(26)10-30-21(34)16-9-29-18(19-4-3-15-5-14(7-27)8-31-33(15)19)6-17(16)32-25-11-24(12-25,13-25)22(28)35/h3-6,8-9,20,36H,10-13H2,1-2H3,(H2,28,35)(H,29,32)(H,30,34)/t20-,24?,25?/m1/s1. The van der Waals surface area contributed by atoms with Gasteiger partial charge in [0.2, 0.25) is 5.91 Å². The van der Waals surface area contributed by atoms with Gasteiger partial charge >= 0.3 is 0 Å². The van der Waals surface area contributed by atoms with E-state index in [1.54, 1.807) is 16.6 Å². The lowest BCUT2D eigenvalue weighted by molar-refractivity contribution is -0.163. The van der Waals surface area contributed by atoms with Gasteiger partial charge in [0.1, 0.15) is 12.2 Å². The predicted octanol–water partition coefficient (Wildman–Crippen LogP) is 1.93. The number of aromatic nitrogens is 3. The Morgan fingerprint density at radius 1 is 1.31 bits per heavy atom. The van der Waals surface area contributed by atoms with Gasteiger partial charge in [-0.15, -0.1) is 0 Å². The number of halogens is 1. The second-order valence-electron chi connectivity index (χ2n) is 10.4. The number of pyridine rings is 1. The Bertz CT molecular complexity index is 1420. The number of fused-ring (bicyclic) bond motifs is 1. The van der Waals surface area contributed by atoms with E-state index in [0.717, 1.165) is 0 Å². The topological polar surface area (TPSA) is 158 Å². The molecule has 3 aromatic heterocycles. The van der Waals surface area contributed by atoms with Gasteiger partial charge in [-0.2, -0.15) is 10.4 Å². The Morgan fingerprint density at radius 3 is 2.67 bits per heavy atom. The molecule has 2 bridgehead atoms. The molecule has 3 aliphatic carbocycles. The Kier molecular flexibility index (Phi) is 5.26. The number of nitriles is 1. The first-order chi connectivity index (χ1) is 17.0. The summed E-state index contributed by atoms with van der Waals surface area (Å²) >= 11 is 0. The lowest BCUT2D eigenvalue weighted by atomic mass is 9.39. The average Bonchev–Trinajstić information content (AvgIpc) is 3.20. The summed E-state index contributed by atoms with van der Waals surface area (Å²) in [6, 6.07) is 9.11. The van der Waals surface area contributed by atoms with Crippen LogP contribution in [0.15, 0.2) is 36.7 Å². The molecule has 3 heterocycles. The number of aliphatic hydroxyl groups is 1. The second-order valence-corrected chi connectivity index (χ2v) is 10.4. The third-order valence-electron chi connectivity index (χ3n) is 7.20. The zero-order valence-electron chi connectivity index (χ0n) is 19.9. The third kappa shape index (κ3) is 3.83. The predicted molar refractivity (Wildman–Crippen MR) is 128 cm³/mol. The monoisotopic (exact) mass is 491 g/mol. The molecule has 11 heteroatoms. The van der Waals surface area contributed by atoms with Crippen molar-refractivity contribution >= 4 is 23.0 Å². The normalized spacial score (nSPS) is 23.2. The Balaban J connectivity index is 1.46. The molecule has 10 nitrogen and oxygen atoms in total. The number of primary amides is 1. The third-order valence-corrected chi connectivity index (χ3v) is 7.20. The van der Waals surface area contributed by atoms with Crippen molar-refractivity contribution < 1.29 is 19.1 Å². The van der Waals surface area contributed by atoms with Gasteiger partial charge in [-0.3, -0.25) is 14.6 Å². The molecule has 0 aliphatic heterocycles. The number of carbonyl (C=O) groups excluding carboxylic acids is 2. The van der Waals surface area contributed by atoms with E-state index in [1.165, 1.54) is 26.2 Å². The number of hydrogen-bond donors (Lipinski definition) is 4. The van der Waals surface area contributed by atoms with Gasteiger partial charge in [0.25, 0.3) is 5.91 Å². The van der Waals surface area contributed by atoms with Crippen LogP contribution in [0.25, 0.3) is 16.9 Å². The Hall–Kier alpha value is -4.04. The second kappa shape index (κ2) is 7.99. The van der Waals surface area contributed by atoms with Crippen LogP contribution in [0, 0.1) is 16.7 Å². The largest absolute Gasteiger partial charge is 0.387 e. The lowest BCUT2D eigenvalue weighted by Crippen LogP contribution is -2.74. The highest BCUT2D eigenvalue weighted by Gasteiger charge is 2.71. The molecule has 6 rings (SSSR count). The number of nitrogens with two attached hydrogens (primary N) is 1. The summed E-state index contributed by atoms with van der Waals surface area (Å²) in [5, 5.41) is 29.2. The maximum Gasteiger partial charge on any atom is 0.255 e. The zero-order chi connectivity index (χ0) is 25.9. The van der Waals surface area contributed by atoms with Crippen molar-refractivity contribution in [3.05, 3.63) is 47.8 Å². The Morgan fingerprint density at radius 2 is 2.03 bits per heavy atom. The van der Waals surface area contributed by atoms with Crippen molar-refractivity contribution in [2.45, 2.75) is 50.4 Å². The molecule has 3 aliphatic rings. The van der Waals surface area contributed by atoms with Gasteiger partial charge in [0, 0.05) is 11.7 Å². The van der Waals surface area contributed by atoms with Crippen LogP contribution in [0.4, 0.5) is 10.1 Å². The maximum absolute atomic E-state index is 14.2. The van der Waals surface area contributed by atoms with Gasteiger partial charge in [-0.05, 0) is 57.4 Å². The molecule has 3 fully saturated rings. The number of alkyl halides is 1. The molecule has 36 heavy (non-hydrogen) atoms. The minimum atomic E-state index is -1.66. The van der Waals surface area contributed by atoms with Crippen molar-refractivity contribution in [2.75, 3.05) is 11.9 Å². The first-order valence-corrected chi connectivity index (χ1v) is 11.6. The van der Waals surface area contributed by atoms with E-state index in [9.17, 15) is 19.1 Å². The minimum absolute atomic E-state index is 0.208. The first-order valence-electron chi connectivity index (χ1n) is 11.6. The highest BCUT2D eigenvalue weighted by atomic mass is 19.1. The number of nitrogens with zero attached hydrogens (tertiary/aromatic N) is 4. The quantitative estimate of drug-likeness (QED) is 0.375. The van der Waals surface area contributed by atoms with Crippen LogP contribution in [0.1, 0.15) is 49.0 Å². The zero-order valence-corrected chi connectivity index (χ0v) is 19.9. The van der Waals surface area contributed by atoms with E-state index < -0.39 is 23.1 Å². The molecule has 1 atom stereocenters. The van der Waals surface area contributed by atoms with E-state index in [1.807, 2.05) is 12.1 Å². The van der Waals surface area contributed by atoms with Gasteiger partial charge in [0.15, 0.2) is 0 Å². The highest BCUT2D eigenvalue weighted by Crippen LogP contribution is 2.68. The molecule has 0 aromatic carbocycles. The fourth-order valence-electron chi connectivity index (χ4n) is 5.13. The van der Waals surface area contributed by atoms with Gasteiger partial charge < -0.3 is 21.5 Å². The summed E-state index contributed by atoms with van der Waals surface area (Å²) in [5.41, 5.74) is 6.13. The average molecular weight is 492 g/mol. The highest BCUT2D eigenvalue weighted by molar-refractivity contribution is 6.00. The SMILES string of the molecule is CC(C)(O)[C@H](F)CNC(=O)c1cnc(-c2ccc3cc(C#N)cnn23)cc1NC12CC(C(N)=O)(C1)C2. The summed E-state index contributed by atoms with van der Waals surface area (Å²) in [5.74, 6) is -0.862. The molecule has 0 unspecified atom stereocenters. The number of amides is 2. The summed E-state index contributed by atoms with van der Waals surface area (Å²) in [4.78, 5) is 29.2. The van der Waals surface area contributed by atoms with E-state index in [4.69, 9.17) is 11.0 Å². The molecule has 5 N–H and O–H groups in total. The van der Waals surface area contributed by atoms with Crippen molar-refractivity contribution in [3.8, 4) is 17.5 Å². The van der Waals surface area contributed by atoms with Gasteiger partial charge in [-0.1, -0.05) is 0 Å². The molecular weight excluding hydrogens is 465 g/mol. The molecular formula is C25H26FN7O3. The molecule has 2 amide bonds. The molecule has 0 spiro atoms. The smallest absolute Gasteiger partial charge is 0.255 e. The van der Waals surface area contributed by atoms with Crippen LogP contribution < -0.4 is 16.4 Å². The lowest BCUT2D eigenvalue weighted by Gasteiger charge is -2.69. The number of anilines is 1. The maximum atomic E-state index is 14.2. The molecule has 3 aromatic rings. The van der Waals surface area contributed by atoms with Crippen molar-refractivity contribution in [1.82, 2.24) is 19.9 Å². The minimum Gasteiger partial charge on any atom is -0.387 e. The van der Waals surface area contributed by atoms with Crippen LogP contribution in [0.2, 0.25) is 0 Å². The van der Waals surface area contributed by atoms with Crippen molar-refractivity contribution in [3.63, 3.8) is 0 Å². The number of hydrogen-bond acceptors (Lipinski definition) is 7. The van der Waals surface area contributed by atoms with Gasteiger partial charge in [-0.25, -0.2) is 8.91 Å². The summed E-state index contributed by atoms with van der Waals surface area (Å²) in [7, 11) is 0. The molecule has 0 radical (unpaired) electrons. The fourth-order valence-corrected chi connectivity index (χ4v) is 5.13. The van der Waals surface area contributed by atoms with Crippen molar-refractivity contribution in [1.29, 1.82) is 5.26 Å². The molecule has 186 valence electrons. The van der Waals surface area contributed by atoms with E-state index >= 15 is 0 Å². The van der Waals surface area contributed by atoms with Crippen LogP contribution in [0.5, 0.6) is 0 Å². The fraction of sp³-hybridized carbons (Fsp3) is 0.400. The number of nitrogens with one attached hydrogen (secondary N) is 2. The number of carbonyl (C=O) groups is 2. The summed E-state index contributed by atoms with van der Waals surface area (Å²) < 4.78 is 15.9. The molecule has 3 saturated carbocycles.